The highest BCUT2D eigenvalue weighted by Gasteiger charge is 2.11. The number of hydrogen-bond acceptors (Lipinski definition) is 3. The number of nitrogens with zero attached hydrogens (tertiary/aromatic N) is 2. The van der Waals surface area contributed by atoms with Gasteiger partial charge in [0.05, 0.1) is 22.4 Å². The molecule has 16 heavy (non-hydrogen) atoms. The van der Waals surface area contributed by atoms with E-state index >= 15 is 0 Å². The van der Waals surface area contributed by atoms with Crippen molar-refractivity contribution in [3.05, 3.63) is 32.7 Å². The Labute approximate surface area is 108 Å². The molecule has 0 saturated heterocycles. The molecule has 2 aromatic heterocycles. The van der Waals surface area contributed by atoms with Crippen LogP contribution < -0.4 is 5.32 Å². The zero-order chi connectivity index (χ0) is 11.5. The standard InChI is InChI=1S/C11H14BrN3S/c1-3-15-10(11(12)8(2)14-15)6-13-9-4-5-16-7-9/h4-5,7,13H,3,6H2,1-2H3. The molecular weight excluding hydrogens is 286 g/mol. The zero-order valence-corrected chi connectivity index (χ0v) is 11.7. The number of aromatic nitrogens is 2. The number of rotatable bonds is 4. The first-order valence-electron chi connectivity index (χ1n) is 5.20. The summed E-state index contributed by atoms with van der Waals surface area (Å²) in [6, 6.07) is 2.08. The Hall–Kier alpha value is -0.810. The van der Waals surface area contributed by atoms with E-state index in [1.165, 1.54) is 11.4 Å². The number of aryl methyl sites for hydroxylation is 2. The van der Waals surface area contributed by atoms with E-state index in [-0.39, 0.29) is 0 Å². The summed E-state index contributed by atoms with van der Waals surface area (Å²) < 4.78 is 3.13. The number of anilines is 1. The highest BCUT2D eigenvalue weighted by molar-refractivity contribution is 9.10. The van der Waals surface area contributed by atoms with Crippen LogP contribution in [0.5, 0.6) is 0 Å². The van der Waals surface area contributed by atoms with Crippen molar-refractivity contribution >= 4 is 33.0 Å². The summed E-state index contributed by atoms with van der Waals surface area (Å²) in [5.74, 6) is 0. The SMILES string of the molecule is CCn1nc(C)c(Br)c1CNc1ccsc1. The molecule has 0 fully saturated rings. The lowest BCUT2D eigenvalue weighted by Crippen LogP contribution is -2.07. The van der Waals surface area contributed by atoms with E-state index in [2.05, 4.69) is 50.1 Å². The minimum Gasteiger partial charge on any atom is -0.379 e. The molecular formula is C11H14BrN3S. The molecule has 2 heterocycles. The van der Waals surface area contributed by atoms with Gasteiger partial charge in [0.25, 0.3) is 0 Å². The Balaban J connectivity index is 2.14. The van der Waals surface area contributed by atoms with Crippen LogP contribution in [-0.4, -0.2) is 9.78 Å². The minimum absolute atomic E-state index is 0.798. The maximum absolute atomic E-state index is 4.46. The molecule has 0 spiro atoms. The predicted octanol–water partition coefficient (Wildman–Crippen LogP) is 3.65. The average molecular weight is 300 g/mol. The Morgan fingerprint density at radius 1 is 1.56 bits per heavy atom. The summed E-state index contributed by atoms with van der Waals surface area (Å²) in [4.78, 5) is 0. The van der Waals surface area contributed by atoms with Crippen LogP contribution in [0.25, 0.3) is 0 Å². The van der Waals surface area contributed by atoms with Crippen LogP contribution in [-0.2, 0) is 13.1 Å². The minimum atomic E-state index is 0.798. The van der Waals surface area contributed by atoms with Gasteiger partial charge in [0.1, 0.15) is 0 Å². The van der Waals surface area contributed by atoms with Gasteiger partial charge >= 0.3 is 0 Å². The van der Waals surface area contributed by atoms with E-state index in [1.54, 1.807) is 11.3 Å². The molecule has 0 radical (unpaired) electrons. The molecule has 0 aliphatic rings. The molecule has 86 valence electrons. The van der Waals surface area contributed by atoms with Crippen molar-refractivity contribution in [3.63, 3.8) is 0 Å². The topological polar surface area (TPSA) is 29.9 Å². The molecule has 0 atom stereocenters. The van der Waals surface area contributed by atoms with Gasteiger partial charge in [0, 0.05) is 17.6 Å². The largest absolute Gasteiger partial charge is 0.379 e. The second-order valence-corrected chi connectivity index (χ2v) is 5.10. The van der Waals surface area contributed by atoms with Crippen LogP contribution in [0.15, 0.2) is 21.3 Å². The molecule has 2 aromatic rings. The van der Waals surface area contributed by atoms with Crippen LogP contribution in [0.4, 0.5) is 5.69 Å². The average Bonchev–Trinajstić information content (AvgIpc) is 2.87. The molecule has 3 nitrogen and oxygen atoms in total. The normalized spacial score (nSPS) is 10.7. The maximum atomic E-state index is 4.46. The van der Waals surface area contributed by atoms with Crippen LogP contribution in [0.3, 0.4) is 0 Å². The van der Waals surface area contributed by atoms with Crippen LogP contribution >= 0.6 is 27.3 Å². The quantitative estimate of drug-likeness (QED) is 0.934. The Bertz CT molecular complexity index is 462. The van der Waals surface area contributed by atoms with Crippen molar-refractivity contribution in [3.8, 4) is 0 Å². The molecule has 0 aromatic carbocycles. The smallest absolute Gasteiger partial charge is 0.0739 e. The molecule has 0 saturated carbocycles. The number of thiophene rings is 1. The highest BCUT2D eigenvalue weighted by Crippen LogP contribution is 2.22. The maximum Gasteiger partial charge on any atom is 0.0739 e. The van der Waals surface area contributed by atoms with Gasteiger partial charge in [-0.25, -0.2) is 0 Å². The molecule has 1 N–H and O–H groups in total. The first-order valence-corrected chi connectivity index (χ1v) is 6.93. The molecule has 5 heteroatoms. The second kappa shape index (κ2) is 5.01. The highest BCUT2D eigenvalue weighted by atomic mass is 79.9. The van der Waals surface area contributed by atoms with Crippen molar-refractivity contribution in [1.29, 1.82) is 0 Å². The van der Waals surface area contributed by atoms with Gasteiger partial charge in [-0.15, -0.1) is 0 Å². The van der Waals surface area contributed by atoms with E-state index in [4.69, 9.17) is 0 Å². The van der Waals surface area contributed by atoms with Gasteiger partial charge < -0.3 is 5.32 Å². The Kier molecular flexibility index (Phi) is 3.66. The third-order valence-corrected chi connectivity index (χ3v) is 4.15. The van der Waals surface area contributed by atoms with Crippen LogP contribution in [0.1, 0.15) is 18.3 Å². The molecule has 0 amide bonds. The summed E-state index contributed by atoms with van der Waals surface area (Å²) in [6.45, 7) is 5.82. The van der Waals surface area contributed by atoms with E-state index in [0.29, 0.717) is 0 Å². The first-order chi connectivity index (χ1) is 7.72. The fourth-order valence-electron chi connectivity index (χ4n) is 1.59. The molecule has 0 aliphatic carbocycles. The summed E-state index contributed by atoms with van der Waals surface area (Å²) in [5, 5.41) is 12.0. The van der Waals surface area contributed by atoms with Crippen molar-refractivity contribution in [1.82, 2.24) is 9.78 Å². The predicted molar refractivity (Wildman–Crippen MR) is 72.0 cm³/mol. The van der Waals surface area contributed by atoms with Crippen molar-refractivity contribution in [2.75, 3.05) is 5.32 Å². The molecule has 0 unspecified atom stereocenters. The van der Waals surface area contributed by atoms with Crippen LogP contribution in [0, 0.1) is 6.92 Å². The number of hydrogen-bond donors (Lipinski definition) is 1. The lowest BCUT2D eigenvalue weighted by Gasteiger charge is -2.07. The lowest BCUT2D eigenvalue weighted by molar-refractivity contribution is 0.622. The number of nitrogens with one attached hydrogen (secondary N) is 1. The van der Waals surface area contributed by atoms with Crippen molar-refractivity contribution in [2.24, 2.45) is 0 Å². The fraction of sp³-hybridized carbons (Fsp3) is 0.364. The molecule has 0 bridgehead atoms. The molecule has 0 aliphatic heterocycles. The summed E-state index contributed by atoms with van der Waals surface area (Å²) >= 11 is 5.28. The van der Waals surface area contributed by atoms with Gasteiger partial charge in [0.2, 0.25) is 0 Å². The van der Waals surface area contributed by atoms with Gasteiger partial charge in [0.15, 0.2) is 0 Å². The van der Waals surface area contributed by atoms with Gasteiger partial charge in [-0.05, 0) is 41.2 Å². The van der Waals surface area contributed by atoms with E-state index < -0.39 is 0 Å². The summed E-state index contributed by atoms with van der Waals surface area (Å²) in [6.07, 6.45) is 0. The first kappa shape index (κ1) is 11.7. The van der Waals surface area contributed by atoms with E-state index in [9.17, 15) is 0 Å². The third kappa shape index (κ3) is 2.30. The van der Waals surface area contributed by atoms with Gasteiger partial charge in [-0.3, -0.25) is 4.68 Å². The second-order valence-electron chi connectivity index (χ2n) is 3.53. The Morgan fingerprint density at radius 2 is 2.38 bits per heavy atom. The van der Waals surface area contributed by atoms with Crippen molar-refractivity contribution in [2.45, 2.75) is 26.9 Å². The van der Waals surface area contributed by atoms with Crippen molar-refractivity contribution < 1.29 is 0 Å². The van der Waals surface area contributed by atoms with Gasteiger partial charge in [-0.1, -0.05) is 0 Å². The monoisotopic (exact) mass is 299 g/mol. The zero-order valence-electron chi connectivity index (χ0n) is 9.33. The molecule has 2 rings (SSSR count). The van der Waals surface area contributed by atoms with Crippen LogP contribution in [0.2, 0.25) is 0 Å². The number of halogens is 1. The van der Waals surface area contributed by atoms with E-state index in [0.717, 1.165) is 23.3 Å². The summed E-state index contributed by atoms with van der Waals surface area (Å²) in [7, 11) is 0. The Morgan fingerprint density at radius 3 is 3.00 bits per heavy atom. The fourth-order valence-corrected chi connectivity index (χ4v) is 2.63. The van der Waals surface area contributed by atoms with Gasteiger partial charge in [-0.2, -0.15) is 16.4 Å². The lowest BCUT2D eigenvalue weighted by atomic mass is 10.3. The third-order valence-electron chi connectivity index (χ3n) is 2.43. The summed E-state index contributed by atoms with van der Waals surface area (Å²) in [5.41, 5.74) is 3.41. The van der Waals surface area contributed by atoms with E-state index in [1.807, 2.05) is 11.6 Å².